The van der Waals surface area contributed by atoms with Gasteiger partial charge in [-0.2, -0.15) is 0 Å². The molecule has 2 heterocycles. The molecule has 3 amide bonds. The van der Waals surface area contributed by atoms with Gasteiger partial charge in [0.25, 0.3) is 0 Å². The highest BCUT2D eigenvalue weighted by atomic mass is 16.6. The van der Waals surface area contributed by atoms with Crippen molar-refractivity contribution < 1.29 is 23.9 Å². The summed E-state index contributed by atoms with van der Waals surface area (Å²) in [4.78, 5) is 42.0. The van der Waals surface area contributed by atoms with E-state index in [2.05, 4.69) is 5.32 Å². The lowest BCUT2D eigenvalue weighted by Crippen LogP contribution is -2.51. The van der Waals surface area contributed by atoms with Gasteiger partial charge in [0.05, 0.1) is 19.8 Å². The van der Waals surface area contributed by atoms with E-state index in [-0.39, 0.29) is 24.3 Å². The Labute approximate surface area is 206 Å². The molecule has 2 unspecified atom stereocenters. The number of nitrogens with zero attached hydrogens (tertiary/aromatic N) is 2. The molecule has 2 fully saturated rings. The van der Waals surface area contributed by atoms with Crippen molar-refractivity contribution in [3.05, 3.63) is 65.2 Å². The molecular weight excluding hydrogens is 446 g/mol. The van der Waals surface area contributed by atoms with E-state index in [0.29, 0.717) is 44.0 Å². The third kappa shape index (κ3) is 6.00. The van der Waals surface area contributed by atoms with Gasteiger partial charge in [-0.3, -0.25) is 14.5 Å². The smallest absolute Gasteiger partial charge is 0.411 e. The van der Waals surface area contributed by atoms with Crippen LogP contribution in [0.5, 0.6) is 0 Å². The fourth-order valence-electron chi connectivity index (χ4n) is 4.51. The van der Waals surface area contributed by atoms with Crippen molar-refractivity contribution in [3.8, 4) is 0 Å². The van der Waals surface area contributed by atoms with Crippen molar-refractivity contribution >= 4 is 23.6 Å². The second-order valence-corrected chi connectivity index (χ2v) is 9.57. The predicted octanol–water partition coefficient (Wildman–Crippen LogP) is 3.90. The van der Waals surface area contributed by atoms with Gasteiger partial charge in [0.15, 0.2) is 12.1 Å². The van der Waals surface area contributed by atoms with E-state index in [1.165, 1.54) is 4.90 Å². The number of benzene rings is 2. The zero-order valence-electron chi connectivity index (χ0n) is 20.5. The summed E-state index contributed by atoms with van der Waals surface area (Å²) >= 11 is 0. The van der Waals surface area contributed by atoms with Crippen molar-refractivity contribution in [1.82, 2.24) is 9.80 Å². The maximum absolute atomic E-state index is 13.7. The number of hydrogen-bond donors (Lipinski definition) is 1. The predicted molar refractivity (Wildman–Crippen MR) is 132 cm³/mol. The average molecular weight is 480 g/mol. The lowest BCUT2D eigenvalue weighted by molar-refractivity contribution is -0.141. The largest absolute Gasteiger partial charge is 0.438 e. The molecule has 8 nitrogen and oxygen atoms in total. The first kappa shape index (κ1) is 24.7. The molecule has 2 saturated heterocycles. The van der Waals surface area contributed by atoms with E-state index in [9.17, 15) is 14.4 Å². The lowest BCUT2D eigenvalue weighted by atomic mass is 9.99. The highest BCUT2D eigenvalue weighted by Gasteiger charge is 2.48. The molecule has 0 bridgehead atoms. The first-order valence-electron chi connectivity index (χ1n) is 12.1. The molecule has 8 heteroatoms. The molecule has 2 aromatic rings. The van der Waals surface area contributed by atoms with Crippen molar-refractivity contribution in [2.75, 3.05) is 31.6 Å². The van der Waals surface area contributed by atoms with Crippen LogP contribution in [0.4, 0.5) is 10.5 Å². The maximum atomic E-state index is 13.7. The van der Waals surface area contributed by atoms with Gasteiger partial charge < -0.3 is 19.7 Å². The second kappa shape index (κ2) is 10.9. The third-order valence-electron chi connectivity index (χ3n) is 6.21. The van der Waals surface area contributed by atoms with E-state index in [1.807, 2.05) is 45.0 Å². The van der Waals surface area contributed by atoms with E-state index in [0.717, 1.165) is 11.1 Å². The number of hydrogen-bond acceptors (Lipinski definition) is 5. The Morgan fingerprint density at radius 1 is 1.09 bits per heavy atom. The first-order chi connectivity index (χ1) is 16.8. The number of carbonyl (C=O) groups excluding carboxylic acids is 3. The number of anilines is 1. The third-order valence-corrected chi connectivity index (χ3v) is 6.21. The van der Waals surface area contributed by atoms with Crippen molar-refractivity contribution in [2.45, 2.75) is 45.9 Å². The minimum atomic E-state index is -0.789. The van der Waals surface area contributed by atoms with Crippen LogP contribution in [0.1, 0.15) is 43.1 Å². The monoisotopic (exact) mass is 479 g/mol. The lowest BCUT2D eigenvalue weighted by Gasteiger charge is -2.33. The highest BCUT2D eigenvalue weighted by molar-refractivity contribution is 5.91. The van der Waals surface area contributed by atoms with Gasteiger partial charge in [-0.25, -0.2) is 4.79 Å². The Morgan fingerprint density at radius 2 is 1.80 bits per heavy atom. The Bertz CT molecular complexity index is 1060. The normalized spacial score (nSPS) is 20.2. The fourth-order valence-corrected chi connectivity index (χ4v) is 4.51. The SMILES string of the molecule is Cc1cccc(CN2C(=O)OC(c3ccc(NC(=O)CC(C)C)cc3)C2C(=O)N2CCOCC2)c1. The summed E-state index contributed by atoms with van der Waals surface area (Å²) in [5, 5.41) is 2.89. The summed E-state index contributed by atoms with van der Waals surface area (Å²) in [7, 11) is 0. The van der Waals surface area contributed by atoms with Crippen LogP contribution < -0.4 is 5.32 Å². The molecule has 2 atom stereocenters. The maximum Gasteiger partial charge on any atom is 0.411 e. The average Bonchev–Trinajstić information content (AvgIpc) is 3.15. The molecule has 0 saturated carbocycles. The van der Waals surface area contributed by atoms with E-state index >= 15 is 0 Å². The molecule has 2 aliphatic rings. The number of rotatable bonds is 7. The topological polar surface area (TPSA) is 88.2 Å². The summed E-state index contributed by atoms with van der Waals surface area (Å²) in [6.07, 6.45) is -0.827. The number of cyclic esters (lactones) is 1. The van der Waals surface area contributed by atoms with Crippen LogP contribution in [0.15, 0.2) is 48.5 Å². The zero-order valence-corrected chi connectivity index (χ0v) is 20.5. The van der Waals surface area contributed by atoms with Gasteiger partial charge in [-0.15, -0.1) is 0 Å². The van der Waals surface area contributed by atoms with Crippen LogP contribution in [0.25, 0.3) is 0 Å². The molecule has 4 rings (SSSR count). The molecule has 0 aliphatic carbocycles. The Hall–Kier alpha value is -3.39. The Kier molecular flexibility index (Phi) is 7.70. The van der Waals surface area contributed by atoms with Crippen LogP contribution >= 0.6 is 0 Å². The number of ether oxygens (including phenoxy) is 2. The summed E-state index contributed by atoms with van der Waals surface area (Å²) in [5.41, 5.74) is 3.39. The van der Waals surface area contributed by atoms with E-state index < -0.39 is 18.2 Å². The summed E-state index contributed by atoms with van der Waals surface area (Å²) in [5.74, 6) is 0.0642. The first-order valence-corrected chi connectivity index (χ1v) is 12.1. The molecule has 0 radical (unpaired) electrons. The van der Waals surface area contributed by atoms with Crippen LogP contribution in [-0.4, -0.2) is 60.1 Å². The van der Waals surface area contributed by atoms with Gasteiger partial charge in [0, 0.05) is 25.2 Å². The molecule has 2 aliphatic heterocycles. The van der Waals surface area contributed by atoms with Gasteiger partial charge >= 0.3 is 6.09 Å². The summed E-state index contributed by atoms with van der Waals surface area (Å²) in [6, 6.07) is 14.3. The molecule has 0 spiro atoms. The second-order valence-electron chi connectivity index (χ2n) is 9.57. The van der Waals surface area contributed by atoms with Gasteiger partial charge in [0.1, 0.15) is 0 Å². The zero-order chi connectivity index (χ0) is 24.9. The Balaban J connectivity index is 1.58. The van der Waals surface area contributed by atoms with Crippen molar-refractivity contribution in [2.24, 2.45) is 5.92 Å². The molecular formula is C27H33N3O5. The quantitative estimate of drug-likeness (QED) is 0.651. The molecule has 35 heavy (non-hydrogen) atoms. The number of carbonyl (C=O) groups is 3. The standard InChI is InChI=1S/C27H33N3O5/c1-18(2)15-23(31)28-22-9-7-21(8-10-22)25-24(26(32)29-11-13-34-14-12-29)30(27(33)35-25)17-20-6-4-5-19(3)16-20/h4-10,16,18,24-25H,11-15,17H2,1-3H3,(H,28,31). The number of aryl methyl sites for hydroxylation is 1. The number of morpholine rings is 1. The minimum Gasteiger partial charge on any atom is -0.438 e. The molecule has 2 aromatic carbocycles. The number of amides is 3. The van der Waals surface area contributed by atoms with Crippen molar-refractivity contribution in [1.29, 1.82) is 0 Å². The van der Waals surface area contributed by atoms with Gasteiger partial charge in [0.2, 0.25) is 11.8 Å². The van der Waals surface area contributed by atoms with Gasteiger partial charge in [-0.05, 0) is 36.1 Å². The van der Waals surface area contributed by atoms with Crippen LogP contribution in [-0.2, 0) is 25.6 Å². The summed E-state index contributed by atoms with van der Waals surface area (Å²) in [6.45, 7) is 8.16. The fraction of sp³-hybridized carbons (Fsp3) is 0.444. The van der Waals surface area contributed by atoms with E-state index in [4.69, 9.17) is 9.47 Å². The number of nitrogens with one attached hydrogen (secondary N) is 1. The van der Waals surface area contributed by atoms with Crippen LogP contribution in [0.3, 0.4) is 0 Å². The molecule has 0 aromatic heterocycles. The van der Waals surface area contributed by atoms with Gasteiger partial charge in [-0.1, -0.05) is 55.8 Å². The van der Waals surface area contributed by atoms with Crippen molar-refractivity contribution in [3.63, 3.8) is 0 Å². The summed E-state index contributed by atoms with van der Waals surface area (Å²) < 4.78 is 11.2. The molecule has 1 N–H and O–H groups in total. The van der Waals surface area contributed by atoms with E-state index in [1.54, 1.807) is 29.2 Å². The van der Waals surface area contributed by atoms with Crippen LogP contribution in [0, 0.1) is 12.8 Å². The Morgan fingerprint density at radius 3 is 2.46 bits per heavy atom. The molecule has 186 valence electrons. The minimum absolute atomic E-state index is 0.0512. The highest BCUT2D eigenvalue weighted by Crippen LogP contribution is 2.35. The van der Waals surface area contributed by atoms with Crippen LogP contribution in [0.2, 0.25) is 0 Å².